The van der Waals surface area contributed by atoms with Gasteiger partial charge in [-0.3, -0.25) is 4.79 Å². The molecule has 0 aromatic heterocycles. The molecule has 1 atom stereocenters. The van der Waals surface area contributed by atoms with Crippen molar-refractivity contribution in [1.82, 2.24) is 0 Å². The van der Waals surface area contributed by atoms with Gasteiger partial charge in [0.15, 0.2) is 0 Å². The van der Waals surface area contributed by atoms with Gasteiger partial charge >= 0.3 is 0 Å². The van der Waals surface area contributed by atoms with Crippen molar-refractivity contribution >= 4 is 11.6 Å². The van der Waals surface area contributed by atoms with Gasteiger partial charge < -0.3 is 11.1 Å². The molecule has 1 amide bonds. The second kappa shape index (κ2) is 5.89. The molecule has 84 valence electrons. The van der Waals surface area contributed by atoms with Crippen molar-refractivity contribution in [3.05, 3.63) is 29.8 Å². The van der Waals surface area contributed by atoms with Gasteiger partial charge in [-0.05, 0) is 30.7 Å². The Morgan fingerprint density at radius 1 is 1.50 bits per heavy atom. The highest BCUT2D eigenvalue weighted by Crippen LogP contribution is 2.11. The molecule has 16 heavy (non-hydrogen) atoms. The minimum atomic E-state index is -0.157. The van der Waals surface area contributed by atoms with E-state index in [0.29, 0.717) is 17.8 Å². The first-order valence-electron chi connectivity index (χ1n) is 5.22. The number of anilines is 1. The Balaban J connectivity index is 2.66. The fourth-order valence-electron chi connectivity index (χ4n) is 1.33. The molecule has 0 heterocycles. The lowest BCUT2D eigenvalue weighted by Gasteiger charge is -2.12. The minimum absolute atomic E-state index is 0.0743. The summed E-state index contributed by atoms with van der Waals surface area (Å²) in [5, 5.41) is 11.4. The van der Waals surface area contributed by atoms with E-state index >= 15 is 0 Å². The highest BCUT2D eigenvalue weighted by atomic mass is 16.1. The van der Waals surface area contributed by atoms with Gasteiger partial charge in [-0.2, -0.15) is 5.26 Å². The Bertz CT molecular complexity index is 388. The number of nitrogens with zero attached hydrogens (tertiary/aromatic N) is 1. The maximum Gasteiger partial charge on any atom is 0.228 e. The van der Waals surface area contributed by atoms with Gasteiger partial charge in [0.1, 0.15) is 0 Å². The summed E-state index contributed by atoms with van der Waals surface area (Å²) in [7, 11) is 0. The maximum atomic E-state index is 11.7. The predicted molar refractivity (Wildman–Crippen MR) is 62.6 cm³/mol. The van der Waals surface area contributed by atoms with Crippen molar-refractivity contribution in [2.24, 2.45) is 11.7 Å². The third-order valence-electron chi connectivity index (χ3n) is 2.43. The molecule has 0 aliphatic rings. The van der Waals surface area contributed by atoms with Crippen LogP contribution in [0.4, 0.5) is 5.69 Å². The average Bonchev–Trinajstić information content (AvgIpc) is 2.31. The molecule has 1 unspecified atom stereocenters. The summed E-state index contributed by atoms with van der Waals surface area (Å²) >= 11 is 0. The zero-order chi connectivity index (χ0) is 12.0. The number of carbonyl (C=O) groups is 1. The van der Waals surface area contributed by atoms with E-state index in [1.807, 2.05) is 13.0 Å². The lowest BCUT2D eigenvalue weighted by molar-refractivity contribution is -0.119. The van der Waals surface area contributed by atoms with Crippen LogP contribution >= 0.6 is 0 Å². The summed E-state index contributed by atoms with van der Waals surface area (Å²) in [6, 6.07) is 8.77. The number of benzene rings is 1. The molecule has 4 heteroatoms. The lowest BCUT2D eigenvalue weighted by Crippen LogP contribution is -2.28. The van der Waals surface area contributed by atoms with Crippen molar-refractivity contribution in [2.45, 2.75) is 13.3 Å². The van der Waals surface area contributed by atoms with Crippen molar-refractivity contribution in [3.63, 3.8) is 0 Å². The van der Waals surface area contributed by atoms with Gasteiger partial charge in [-0.25, -0.2) is 0 Å². The van der Waals surface area contributed by atoms with Gasteiger partial charge in [-0.1, -0.05) is 6.92 Å². The van der Waals surface area contributed by atoms with E-state index in [1.165, 1.54) is 0 Å². The summed E-state index contributed by atoms with van der Waals surface area (Å²) in [5.74, 6) is -0.231. The van der Waals surface area contributed by atoms with Crippen molar-refractivity contribution in [2.75, 3.05) is 11.9 Å². The van der Waals surface area contributed by atoms with Gasteiger partial charge in [-0.15, -0.1) is 0 Å². The summed E-state index contributed by atoms with van der Waals surface area (Å²) in [4.78, 5) is 11.7. The Morgan fingerprint density at radius 3 is 2.56 bits per heavy atom. The topological polar surface area (TPSA) is 78.9 Å². The fourth-order valence-corrected chi connectivity index (χ4v) is 1.33. The molecule has 0 bridgehead atoms. The first-order valence-corrected chi connectivity index (χ1v) is 5.22. The first kappa shape index (κ1) is 12.2. The van der Waals surface area contributed by atoms with E-state index in [1.54, 1.807) is 24.3 Å². The number of nitriles is 1. The number of nitrogens with two attached hydrogens (primary N) is 1. The molecule has 0 aliphatic heterocycles. The molecule has 0 radical (unpaired) electrons. The molecule has 4 nitrogen and oxygen atoms in total. The standard InChI is InChI=1S/C12H15N3O/c1-2-10(8-14)12(16)15-11-5-3-9(7-13)4-6-11/h3-6,10H,2,8,14H2,1H3,(H,15,16). The molecule has 0 spiro atoms. The molecule has 0 fully saturated rings. The summed E-state index contributed by atoms with van der Waals surface area (Å²) in [6.07, 6.45) is 0.721. The van der Waals surface area contributed by atoms with Gasteiger partial charge in [0, 0.05) is 12.2 Å². The Labute approximate surface area is 95.1 Å². The number of carbonyl (C=O) groups excluding carboxylic acids is 1. The predicted octanol–water partition coefficient (Wildman–Crippen LogP) is 1.48. The Morgan fingerprint density at radius 2 is 2.12 bits per heavy atom. The number of hydrogen-bond acceptors (Lipinski definition) is 3. The van der Waals surface area contributed by atoms with Crippen LogP contribution in [0.5, 0.6) is 0 Å². The third-order valence-corrected chi connectivity index (χ3v) is 2.43. The fraction of sp³-hybridized carbons (Fsp3) is 0.333. The molecule has 1 rings (SSSR count). The molecule has 0 saturated carbocycles. The first-order chi connectivity index (χ1) is 7.71. The van der Waals surface area contributed by atoms with Crippen LogP contribution in [0.2, 0.25) is 0 Å². The van der Waals surface area contributed by atoms with E-state index in [-0.39, 0.29) is 11.8 Å². The molecule has 1 aromatic carbocycles. The number of rotatable bonds is 4. The van der Waals surface area contributed by atoms with Gasteiger partial charge in [0.25, 0.3) is 0 Å². The van der Waals surface area contributed by atoms with Gasteiger partial charge in [0.2, 0.25) is 5.91 Å². The monoisotopic (exact) mass is 217 g/mol. The number of nitrogens with one attached hydrogen (secondary N) is 1. The van der Waals surface area contributed by atoms with E-state index in [2.05, 4.69) is 5.32 Å². The molecule has 1 aromatic rings. The van der Waals surface area contributed by atoms with E-state index in [4.69, 9.17) is 11.0 Å². The molecule has 0 aliphatic carbocycles. The van der Waals surface area contributed by atoms with Crippen molar-refractivity contribution < 1.29 is 4.79 Å². The van der Waals surface area contributed by atoms with E-state index in [0.717, 1.165) is 6.42 Å². The zero-order valence-electron chi connectivity index (χ0n) is 9.23. The summed E-state index contributed by atoms with van der Waals surface area (Å²) < 4.78 is 0. The minimum Gasteiger partial charge on any atom is -0.330 e. The lowest BCUT2D eigenvalue weighted by atomic mass is 10.1. The van der Waals surface area contributed by atoms with Crippen LogP contribution in [-0.4, -0.2) is 12.5 Å². The maximum absolute atomic E-state index is 11.7. The number of amides is 1. The summed E-state index contributed by atoms with van der Waals surface area (Å²) in [5.41, 5.74) is 6.74. The van der Waals surface area contributed by atoms with Crippen LogP contribution in [0.1, 0.15) is 18.9 Å². The highest BCUT2D eigenvalue weighted by Gasteiger charge is 2.14. The van der Waals surface area contributed by atoms with Crippen LogP contribution in [0.3, 0.4) is 0 Å². The van der Waals surface area contributed by atoms with Crippen molar-refractivity contribution in [1.29, 1.82) is 5.26 Å². The smallest absolute Gasteiger partial charge is 0.228 e. The summed E-state index contributed by atoms with van der Waals surface area (Å²) in [6.45, 7) is 2.27. The van der Waals surface area contributed by atoms with Crippen LogP contribution in [0.25, 0.3) is 0 Å². The van der Waals surface area contributed by atoms with Crippen LogP contribution < -0.4 is 11.1 Å². The average molecular weight is 217 g/mol. The van der Waals surface area contributed by atoms with E-state index < -0.39 is 0 Å². The second-order valence-corrected chi connectivity index (χ2v) is 3.52. The third kappa shape index (κ3) is 3.07. The Hall–Kier alpha value is -1.86. The van der Waals surface area contributed by atoms with Crippen LogP contribution in [0.15, 0.2) is 24.3 Å². The molecular formula is C12H15N3O. The normalized spacial score (nSPS) is 11.6. The zero-order valence-corrected chi connectivity index (χ0v) is 9.23. The van der Waals surface area contributed by atoms with E-state index in [9.17, 15) is 4.79 Å². The molecule has 0 saturated heterocycles. The largest absolute Gasteiger partial charge is 0.330 e. The van der Waals surface area contributed by atoms with Crippen molar-refractivity contribution in [3.8, 4) is 6.07 Å². The Kier molecular flexibility index (Phi) is 4.49. The van der Waals surface area contributed by atoms with Crippen LogP contribution in [0, 0.1) is 17.2 Å². The number of hydrogen-bond donors (Lipinski definition) is 2. The van der Waals surface area contributed by atoms with Gasteiger partial charge in [0.05, 0.1) is 17.6 Å². The van der Waals surface area contributed by atoms with Crippen LogP contribution in [-0.2, 0) is 4.79 Å². The highest BCUT2D eigenvalue weighted by molar-refractivity contribution is 5.92. The SMILES string of the molecule is CCC(CN)C(=O)Nc1ccc(C#N)cc1. The quantitative estimate of drug-likeness (QED) is 0.801. The molecular weight excluding hydrogens is 202 g/mol. The second-order valence-electron chi connectivity index (χ2n) is 3.52. The molecule has 3 N–H and O–H groups in total.